The maximum Gasteiger partial charge on any atom is 0.357 e. The van der Waals surface area contributed by atoms with E-state index in [-0.39, 0.29) is 11.6 Å². The molecule has 22 heavy (non-hydrogen) atoms. The van der Waals surface area contributed by atoms with Crippen LogP contribution in [-0.4, -0.2) is 29.2 Å². The van der Waals surface area contributed by atoms with Gasteiger partial charge in [0.25, 0.3) is 5.91 Å². The number of rotatable bonds is 5. The zero-order valence-corrected chi connectivity index (χ0v) is 13.1. The van der Waals surface area contributed by atoms with Gasteiger partial charge >= 0.3 is 5.97 Å². The molecule has 114 valence electrons. The van der Waals surface area contributed by atoms with E-state index in [1.165, 1.54) is 30.9 Å². The minimum atomic E-state index is -0.913. The summed E-state index contributed by atoms with van der Waals surface area (Å²) in [6, 6.07) is 12.4. The number of hydrogen-bond acceptors (Lipinski definition) is 5. The second-order valence-corrected chi connectivity index (χ2v) is 5.30. The maximum atomic E-state index is 12.1. The number of carbonyl (C=O) groups is 2. The number of esters is 1. The maximum absolute atomic E-state index is 12.1. The summed E-state index contributed by atoms with van der Waals surface area (Å²) < 4.78 is 5.12. The van der Waals surface area contributed by atoms with Crippen molar-refractivity contribution in [2.45, 2.75) is 17.9 Å². The summed E-state index contributed by atoms with van der Waals surface area (Å²) in [5, 5.41) is 2.76. The molecule has 1 atom stereocenters. The van der Waals surface area contributed by atoms with Gasteiger partial charge in [0.2, 0.25) is 0 Å². The Kier molecular flexibility index (Phi) is 5.55. The number of thioether (sulfide) groups is 1. The van der Waals surface area contributed by atoms with E-state index in [2.05, 4.69) is 10.3 Å². The van der Waals surface area contributed by atoms with Gasteiger partial charge < -0.3 is 10.1 Å². The number of anilines is 1. The summed E-state index contributed by atoms with van der Waals surface area (Å²) in [7, 11) is 0. The summed E-state index contributed by atoms with van der Waals surface area (Å²) in [4.78, 5) is 28.8. The monoisotopic (exact) mass is 316 g/mol. The van der Waals surface area contributed by atoms with Crippen LogP contribution in [-0.2, 0) is 9.53 Å². The Morgan fingerprint density at radius 3 is 2.59 bits per heavy atom. The van der Waals surface area contributed by atoms with Gasteiger partial charge in [-0.05, 0) is 37.4 Å². The number of pyridine rings is 1. The fourth-order valence-electron chi connectivity index (χ4n) is 1.74. The van der Waals surface area contributed by atoms with Gasteiger partial charge in [-0.1, -0.05) is 18.2 Å². The van der Waals surface area contributed by atoms with Crippen LogP contribution >= 0.6 is 11.8 Å². The fourth-order valence-corrected chi connectivity index (χ4v) is 2.29. The molecule has 0 radical (unpaired) electrons. The van der Waals surface area contributed by atoms with E-state index in [0.29, 0.717) is 5.69 Å². The summed E-state index contributed by atoms with van der Waals surface area (Å²) in [5.74, 6) is -1.01. The van der Waals surface area contributed by atoms with Gasteiger partial charge in [-0.25, -0.2) is 9.78 Å². The molecule has 2 rings (SSSR count). The Morgan fingerprint density at radius 2 is 1.91 bits per heavy atom. The van der Waals surface area contributed by atoms with E-state index >= 15 is 0 Å². The molecule has 0 fully saturated rings. The van der Waals surface area contributed by atoms with Crippen molar-refractivity contribution < 1.29 is 14.3 Å². The molecule has 1 aromatic carbocycles. The average Bonchev–Trinajstić information content (AvgIpc) is 2.56. The number of carbonyl (C=O) groups excluding carboxylic acids is 2. The minimum absolute atomic E-state index is 0.173. The standard InChI is InChI=1S/C16H16N2O3S/c1-11(21-16(20)13-8-5-6-10-17-13)15(19)18-12-7-3-4-9-14(12)22-2/h3-11H,1-2H3,(H,18,19). The van der Waals surface area contributed by atoms with E-state index < -0.39 is 12.1 Å². The lowest BCUT2D eigenvalue weighted by Gasteiger charge is -2.14. The number of nitrogens with zero attached hydrogens (tertiary/aromatic N) is 1. The highest BCUT2D eigenvalue weighted by Gasteiger charge is 2.20. The van der Waals surface area contributed by atoms with Gasteiger partial charge in [0.05, 0.1) is 5.69 Å². The first-order valence-electron chi connectivity index (χ1n) is 6.67. The van der Waals surface area contributed by atoms with Crippen molar-refractivity contribution in [3.63, 3.8) is 0 Å². The first kappa shape index (κ1) is 16.0. The highest BCUT2D eigenvalue weighted by Crippen LogP contribution is 2.24. The molecule has 1 unspecified atom stereocenters. The predicted octanol–water partition coefficient (Wildman–Crippen LogP) is 2.99. The lowest BCUT2D eigenvalue weighted by atomic mass is 10.3. The number of benzene rings is 1. The van der Waals surface area contributed by atoms with E-state index in [0.717, 1.165) is 4.90 Å². The van der Waals surface area contributed by atoms with Crippen LogP contribution < -0.4 is 5.32 Å². The van der Waals surface area contributed by atoms with Gasteiger partial charge in [0.1, 0.15) is 5.69 Å². The zero-order chi connectivity index (χ0) is 15.9. The Labute approximate surface area is 133 Å². The number of nitrogens with one attached hydrogen (secondary N) is 1. The van der Waals surface area contributed by atoms with E-state index in [9.17, 15) is 9.59 Å². The summed E-state index contributed by atoms with van der Waals surface area (Å²) in [6.07, 6.45) is 2.51. The smallest absolute Gasteiger partial charge is 0.357 e. The zero-order valence-electron chi connectivity index (χ0n) is 12.3. The number of ether oxygens (including phenoxy) is 1. The molecular weight excluding hydrogens is 300 g/mol. The van der Waals surface area contributed by atoms with Crippen LogP contribution in [0, 0.1) is 0 Å². The van der Waals surface area contributed by atoms with Crippen LogP contribution in [0.5, 0.6) is 0 Å². The van der Waals surface area contributed by atoms with Gasteiger partial charge in [-0.3, -0.25) is 4.79 Å². The molecule has 0 aliphatic heterocycles. The van der Waals surface area contributed by atoms with Gasteiger partial charge in [0, 0.05) is 11.1 Å². The van der Waals surface area contributed by atoms with Gasteiger partial charge in [0.15, 0.2) is 6.10 Å². The van der Waals surface area contributed by atoms with Crippen LogP contribution in [0.1, 0.15) is 17.4 Å². The quantitative estimate of drug-likeness (QED) is 0.678. The van der Waals surface area contributed by atoms with Crippen molar-refractivity contribution in [3.8, 4) is 0 Å². The lowest BCUT2D eigenvalue weighted by molar-refractivity contribution is -0.123. The Morgan fingerprint density at radius 1 is 1.18 bits per heavy atom. The molecule has 2 aromatic rings. The Balaban J connectivity index is 1.99. The van der Waals surface area contributed by atoms with Crippen molar-refractivity contribution in [3.05, 3.63) is 54.4 Å². The average molecular weight is 316 g/mol. The second-order valence-electron chi connectivity index (χ2n) is 4.45. The highest BCUT2D eigenvalue weighted by molar-refractivity contribution is 7.98. The Hall–Kier alpha value is -2.34. The minimum Gasteiger partial charge on any atom is -0.448 e. The normalized spacial score (nSPS) is 11.5. The van der Waals surface area contributed by atoms with Crippen LogP contribution in [0.4, 0.5) is 5.69 Å². The molecule has 1 heterocycles. The van der Waals surface area contributed by atoms with Crippen molar-refractivity contribution in [2.24, 2.45) is 0 Å². The van der Waals surface area contributed by atoms with E-state index in [1.54, 1.807) is 18.2 Å². The van der Waals surface area contributed by atoms with Crippen molar-refractivity contribution in [1.29, 1.82) is 0 Å². The van der Waals surface area contributed by atoms with Gasteiger partial charge in [-0.15, -0.1) is 11.8 Å². The number of para-hydroxylation sites is 1. The molecule has 1 aromatic heterocycles. The third-order valence-electron chi connectivity index (χ3n) is 2.89. The molecule has 0 spiro atoms. The van der Waals surface area contributed by atoms with Crippen LogP contribution in [0.25, 0.3) is 0 Å². The largest absolute Gasteiger partial charge is 0.448 e. The first-order chi connectivity index (χ1) is 10.6. The number of amides is 1. The topological polar surface area (TPSA) is 68.3 Å². The van der Waals surface area contributed by atoms with Crippen LogP contribution in [0.2, 0.25) is 0 Å². The molecule has 0 bridgehead atoms. The van der Waals surface area contributed by atoms with Crippen molar-refractivity contribution in [1.82, 2.24) is 4.98 Å². The molecule has 6 heteroatoms. The SMILES string of the molecule is CSc1ccccc1NC(=O)C(C)OC(=O)c1ccccn1. The first-order valence-corrected chi connectivity index (χ1v) is 7.90. The van der Waals surface area contributed by atoms with Crippen LogP contribution in [0.15, 0.2) is 53.6 Å². The van der Waals surface area contributed by atoms with E-state index in [4.69, 9.17) is 4.74 Å². The molecule has 0 saturated carbocycles. The molecule has 0 aliphatic rings. The molecule has 1 amide bonds. The number of aromatic nitrogens is 1. The molecule has 5 nitrogen and oxygen atoms in total. The molecule has 0 saturated heterocycles. The van der Waals surface area contributed by atoms with Crippen molar-refractivity contribution in [2.75, 3.05) is 11.6 Å². The van der Waals surface area contributed by atoms with Gasteiger partial charge in [-0.2, -0.15) is 0 Å². The predicted molar refractivity (Wildman–Crippen MR) is 86.0 cm³/mol. The number of hydrogen-bond donors (Lipinski definition) is 1. The molecular formula is C16H16N2O3S. The van der Waals surface area contributed by atoms with E-state index in [1.807, 2.05) is 24.5 Å². The van der Waals surface area contributed by atoms with Crippen molar-refractivity contribution >= 4 is 29.3 Å². The Bertz CT molecular complexity index is 661. The lowest BCUT2D eigenvalue weighted by Crippen LogP contribution is -2.30. The summed E-state index contributed by atoms with van der Waals surface area (Å²) in [6.45, 7) is 1.53. The fraction of sp³-hybridized carbons (Fsp3) is 0.188. The van der Waals surface area contributed by atoms with Crippen LogP contribution in [0.3, 0.4) is 0 Å². The third kappa shape index (κ3) is 4.08. The summed E-state index contributed by atoms with van der Waals surface area (Å²) in [5.41, 5.74) is 0.868. The molecule has 1 N–H and O–H groups in total. The summed E-state index contributed by atoms with van der Waals surface area (Å²) >= 11 is 1.53. The third-order valence-corrected chi connectivity index (χ3v) is 3.69. The second kappa shape index (κ2) is 7.61. The highest BCUT2D eigenvalue weighted by atomic mass is 32.2. The molecule has 0 aliphatic carbocycles.